The van der Waals surface area contributed by atoms with Crippen LogP contribution >= 0.6 is 0 Å². The van der Waals surface area contributed by atoms with Gasteiger partial charge in [-0.3, -0.25) is 4.79 Å². The van der Waals surface area contributed by atoms with E-state index in [1.165, 1.54) is 0 Å². The molecule has 3 unspecified atom stereocenters. The van der Waals surface area contributed by atoms with Crippen molar-refractivity contribution in [2.45, 2.75) is 57.5 Å². The summed E-state index contributed by atoms with van der Waals surface area (Å²) >= 11 is 0. The lowest BCUT2D eigenvalue weighted by molar-refractivity contribution is -0.122. The minimum Gasteiger partial charge on any atom is -0.396 e. The second kappa shape index (κ2) is 6.86. The van der Waals surface area contributed by atoms with Gasteiger partial charge >= 0.3 is 0 Å². The van der Waals surface area contributed by atoms with E-state index in [1.54, 1.807) is 0 Å². The first-order valence-corrected chi connectivity index (χ1v) is 6.29. The molecule has 1 amide bonds. The highest BCUT2D eigenvalue weighted by atomic mass is 16.3. The van der Waals surface area contributed by atoms with E-state index in [2.05, 4.69) is 5.32 Å². The number of aliphatic hydroxyl groups excluding tert-OH is 1. The van der Waals surface area contributed by atoms with Crippen molar-refractivity contribution in [2.75, 3.05) is 6.61 Å². The van der Waals surface area contributed by atoms with Gasteiger partial charge in [0.15, 0.2) is 0 Å². The molecule has 0 aromatic rings. The molecule has 0 heterocycles. The fourth-order valence-corrected chi connectivity index (χ4v) is 2.25. The third kappa shape index (κ3) is 4.49. The van der Waals surface area contributed by atoms with Crippen LogP contribution in [0.2, 0.25) is 0 Å². The van der Waals surface area contributed by atoms with E-state index < -0.39 is 0 Å². The molecule has 0 aliphatic heterocycles. The monoisotopic (exact) mass is 228 g/mol. The molecule has 0 aromatic carbocycles. The molecular formula is C12H24N2O2. The van der Waals surface area contributed by atoms with Crippen molar-refractivity contribution in [3.8, 4) is 0 Å². The van der Waals surface area contributed by atoms with Crippen LogP contribution in [0.3, 0.4) is 0 Å². The Kier molecular flexibility index (Phi) is 5.77. The lowest BCUT2D eigenvalue weighted by atomic mass is 9.85. The summed E-state index contributed by atoms with van der Waals surface area (Å²) in [5.41, 5.74) is 5.61. The molecule has 0 bridgehead atoms. The average molecular weight is 228 g/mol. The van der Waals surface area contributed by atoms with Gasteiger partial charge in [0.05, 0.1) is 0 Å². The number of aliphatic hydroxyl groups is 1. The van der Waals surface area contributed by atoms with E-state index in [4.69, 9.17) is 5.73 Å². The summed E-state index contributed by atoms with van der Waals surface area (Å²) in [4.78, 5) is 11.6. The highest BCUT2D eigenvalue weighted by Gasteiger charge is 2.25. The number of nitrogens with one attached hydrogen (secondary N) is 1. The number of rotatable bonds is 5. The molecule has 1 fully saturated rings. The molecule has 1 rings (SSSR count). The molecule has 0 radical (unpaired) electrons. The standard InChI is InChI=1S/C12H24N2O2/c1-9(13)6-7-12(16)14-11-5-3-2-4-10(11)8-15/h9-11,15H,2-8,13H2,1H3,(H,14,16). The van der Waals surface area contributed by atoms with Crippen molar-refractivity contribution in [1.82, 2.24) is 5.32 Å². The molecule has 4 N–H and O–H groups in total. The average Bonchev–Trinajstić information content (AvgIpc) is 2.27. The largest absolute Gasteiger partial charge is 0.396 e. The van der Waals surface area contributed by atoms with Crippen LogP contribution in [0.4, 0.5) is 0 Å². The lowest BCUT2D eigenvalue weighted by Gasteiger charge is -2.30. The summed E-state index contributed by atoms with van der Waals surface area (Å²) in [5, 5.41) is 12.2. The molecule has 3 atom stereocenters. The Labute approximate surface area is 97.6 Å². The number of amides is 1. The van der Waals surface area contributed by atoms with Crippen LogP contribution in [-0.2, 0) is 4.79 Å². The molecule has 1 saturated carbocycles. The zero-order valence-electron chi connectivity index (χ0n) is 10.1. The van der Waals surface area contributed by atoms with E-state index in [9.17, 15) is 9.90 Å². The number of carbonyl (C=O) groups excluding carboxylic acids is 1. The summed E-state index contributed by atoms with van der Waals surface area (Å²) in [7, 11) is 0. The first-order chi connectivity index (χ1) is 7.63. The zero-order chi connectivity index (χ0) is 12.0. The quantitative estimate of drug-likeness (QED) is 0.651. The van der Waals surface area contributed by atoms with Crippen LogP contribution < -0.4 is 11.1 Å². The Morgan fingerprint density at radius 2 is 2.19 bits per heavy atom. The minimum absolute atomic E-state index is 0.0719. The summed E-state index contributed by atoms with van der Waals surface area (Å²) in [6, 6.07) is 0.241. The minimum atomic E-state index is 0.0719. The Balaban J connectivity index is 2.30. The molecule has 1 aliphatic carbocycles. The van der Waals surface area contributed by atoms with Crippen molar-refractivity contribution in [3.63, 3.8) is 0 Å². The molecule has 4 heteroatoms. The molecule has 0 spiro atoms. The number of nitrogens with two attached hydrogens (primary N) is 1. The van der Waals surface area contributed by atoms with Crippen LogP contribution in [0.5, 0.6) is 0 Å². The number of hydrogen-bond acceptors (Lipinski definition) is 3. The predicted octanol–water partition coefficient (Wildman–Crippen LogP) is 0.781. The van der Waals surface area contributed by atoms with Gasteiger partial charge in [-0.25, -0.2) is 0 Å². The normalized spacial score (nSPS) is 27.4. The van der Waals surface area contributed by atoms with Gasteiger partial charge in [0, 0.05) is 31.0 Å². The maximum absolute atomic E-state index is 11.6. The van der Waals surface area contributed by atoms with Crippen molar-refractivity contribution < 1.29 is 9.90 Å². The molecule has 4 nitrogen and oxygen atoms in total. The van der Waals surface area contributed by atoms with Gasteiger partial charge in [0.25, 0.3) is 0 Å². The van der Waals surface area contributed by atoms with E-state index in [-0.39, 0.29) is 30.5 Å². The predicted molar refractivity (Wildman–Crippen MR) is 63.9 cm³/mol. The van der Waals surface area contributed by atoms with Crippen molar-refractivity contribution >= 4 is 5.91 Å². The highest BCUT2D eigenvalue weighted by Crippen LogP contribution is 2.23. The molecule has 0 saturated heterocycles. The van der Waals surface area contributed by atoms with Gasteiger partial charge in [-0.2, -0.15) is 0 Å². The third-order valence-electron chi connectivity index (χ3n) is 3.32. The van der Waals surface area contributed by atoms with E-state index in [1.807, 2.05) is 6.92 Å². The van der Waals surface area contributed by atoms with Crippen molar-refractivity contribution in [1.29, 1.82) is 0 Å². The van der Waals surface area contributed by atoms with Gasteiger partial charge in [-0.05, 0) is 26.2 Å². The number of carbonyl (C=O) groups is 1. The fraction of sp³-hybridized carbons (Fsp3) is 0.917. The first-order valence-electron chi connectivity index (χ1n) is 6.29. The lowest BCUT2D eigenvalue weighted by Crippen LogP contribution is -2.43. The second-order valence-corrected chi connectivity index (χ2v) is 4.92. The van der Waals surface area contributed by atoms with Crippen LogP contribution in [0, 0.1) is 5.92 Å². The third-order valence-corrected chi connectivity index (χ3v) is 3.32. The van der Waals surface area contributed by atoms with Crippen LogP contribution in [0.25, 0.3) is 0 Å². The maximum atomic E-state index is 11.6. The molecule has 1 aliphatic rings. The van der Waals surface area contributed by atoms with Gasteiger partial charge < -0.3 is 16.2 Å². The van der Waals surface area contributed by atoms with Gasteiger partial charge in [0.1, 0.15) is 0 Å². The van der Waals surface area contributed by atoms with E-state index in [0.717, 1.165) is 32.1 Å². The second-order valence-electron chi connectivity index (χ2n) is 4.92. The van der Waals surface area contributed by atoms with Crippen LogP contribution in [-0.4, -0.2) is 29.7 Å². The SMILES string of the molecule is CC(N)CCC(=O)NC1CCCCC1CO. The molecular weight excluding hydrogens is 204 g/mol. The zero-order valence-corrected chi connectivity index (χ0v) is 10.1. The Morgan fingerprint density at radius 1 is 1.50 bits per heavy atom. The smallest absolute Gasteiger partial charge is 0.220 e. The molecule has 16 heavy (non-hydrogen) atoms. The summed E-state index contributed by atoms with van der Waals surface area (Å²) < 4.78 is 0. The summed E-state index contributed by atoms with van der Waals surface area (Å²) in [5.74, 6) is 0.315. The van der Waals surface area contributed by atoms with Crippen molar-refractivity contribution in [3.05, 3.63) is 0 Å². The van der Waals surface area contributed by atoms with E-state index in [0.29, 0.717) is 6.42 Å². The number of hydrogen-bond donors (Lipinski definition) is 3. The molecule has 94 valence electrons. The van der Waals surface area contributed by atoms with Crippen LogP contribution in [0.1, 0.15) is 45.4 Å². The summed E-state index contributed by atoms with van der Waals surface area (Å²) in [6.07, 6.45) is 5.55. The highest BCUT2D eigenvalue weighted by molar-refractivity contribution is 5.76. The maximum Gasteiger partial charge on any atom is 0.220 e. The first kappa shape index (κ1) is 13.5. The van der Waals surface area contributed by atoms with Gasteiger partial charge in [-0.15, -0.1) is 0 Å². The van der Waals surface area contributed by atoms with Gasteiger partial charge in [-0.1, -0.05) is 12.8 Å². The van der Waals surface area contributed by atoms with Crippen LogP contribution in [0.15, 0.2) is 0 Å². The Bertz CT molecular complexity index is 219. The fourth-order valence-electron chi connectivity index (χ4n) is 2.25. The van der Waals surface area contributed by atoms with Crippen molar-refractivity contribution in [2.24, 2.45) is 11.7 Å². The molecule has 0 aromatic heterocycles. The van der Waals surface area contributed by atoms with E-state index >= 15 is 0 Å². The Hall–Kier alpha value is -0.610. The Morgan fingerprint density at radius 3 is 2.81 bits per heavy atom. The van der Waals surface area contributed by atoms with Gasteiger partial charge in [0.2, 0.25) is 5.91 Å². The topological polar surface area (TPSA) is 75.4 Å². The summed E-state index contributed by atoms with van der Waals surface area (Å²) in [6.45, 7) is 2.09.